The first-order valence-electron chi connectivity index (χ1n) is 6.55. The summed E-state index contributed by atoms with van der Waals surface area (Å²) in [5.41, 5.74) is -1.63. The van der Waals surface area contributed by atoms with E-state index in [4.69, 9.17) is 4.78 Å². The van der Waals surface area contributed by atoms with Gasteiger partial charge < -0.3 is 5.32 Å². The lowest BCUT2D eigenvalue weighted by molar-refractivity contribution is -0.142. The Morgan fingerprint density at radius 2 is 2.00 bits per heavy atom. The number of halogens is 3. The third-order valence-electron chi connectivity index (χ3n) is 3.16. The summed E-state index contributed by atoms with van der Waals surface area (Å²) < 4.78 is 57.7. The van der Waals surface area contributed by atoms with Crippen LogP contribution in [0.1, 0.15) is 21.6 Å². The summed E-state index contributed by atoms with van der Waals surface area (Å²) in [5.74, 6) is -0.808. The van der Waals surface area contributed by atoms with E-state index in [9.17, 15) is 22.2 Å². The van der Waals surface area contributed by atoms with Crippen molar-refractivity contribution < 1.29 is 22.2 Å². The summed E-state index contributed by atoms with van der Waals surface area (Å²) in [6.45, 7) is 1.13. The molecule has 1 atom stereocenters. The number of amides is 1. The minimum absolute atomic E-state index is 0.195. The molecule has 2 aromatic rings. The van der Waals surface area contributed by atoms with E-state index in [0.717, 1.165) is 13.1 Å². The molecule has 0 spiro atoms. The molecular formula is C14H13F3N4O2S. The van der Waals surface area contributed by atoms with Crippen LogP contribution in [0.2, 0.25) is 0 Å². The van der Waals surface area contributed by atoms with Crippen LogP contribution < -0.4 is 5.32 Å². The fourth-order valence-corrected chi connectivity index (χ4v) is 2.65. The second kappa shape index (κ2) is 6.19. The number of hydrogen-bond acceptors (Lipinski definition) is 5. The van der Waals surface area contributed by atoms with Gasteiger partial charge in [-0.15, -0.1) is 5.10 Å². The van der Waals surface area contributed by atoms with Crippen LogP contribution >= 0.6 is 0 Å². The summed E-state index contributed by atoms with van der Waals surface area (Å²) in [7, 11) is -2.98. The number of nitrogens with zero attached hydrogens (tertiary/aromatic N) is 2. The fourth-order valence-electron chi connectivity index (χ4n) is 1.96. The van der Waals surface area contributed by atoms with Crippen LogP contribution in [0.3, 0.4) is 0 Å². The van der Waals surface area contributed by atoms with Crippen LogP contribution in [-0.2, 0) is 15.9 Å². The number of carbonyl (C=O) groups excluding carboxylic acids is 1. The Bertz CT molecular complexity index is 895. The van der Waals surface area contributed by atoms with Crippen LogP contribution in [0, 0.1) is 11.7 Å². The van der Waals surface area contributed by atoms with E-state index in [1.165, 1.54) is 30.5 Å². The van der Waals surface area contributed by atoms with Crippen molar-refractivity contribution >= 4 is 21.3 Å². The largest absolute Gasteiger partial charge is 0.435 e. The Morgan fingerprint density at radius 1 is 1.33 bits per heavy atom. The Balaban J connectivity index is 2.35. The van der Waals surface area contributed by atoms with Crippen molar-refractivity contribution in [2.75, 3.05) is 11.6 Å². The lowest BCUT2D eigenvalue weighted by Gasteiger charge is -2.12. The smallest absolute Gasteiger partial charge is 0.322 e. The van der Waals surface area contributed by atoms with Gasteiger partial charge >= 0.3 is 6.18 Å². The molecule has 0 aliphatic rings. The lowest BCUT2D eigenvalue weighted by atomic mass is 10.1. The van der Waals surface area contributed by atoms with E-state index in [-0.39, 0.29) is 21.7 Å². The maximum atomic E-state index is 12.8. The maximum absolute atomic E-state index is 12.8. The van der Waals surface area contributed by atoms with Gasteiger partial charge in [0.25, 0.3) is 5.91 Å². The summed E-state index contributed by atoms with van der Waals surface area (Å²) in [6, 6.07) is 5.76. The van der Waals surface area contributed by atoms with Crippen molar-refractivity contribution in [2.45, 2.75) is 18.0 Å². The van der Waals surface area contributed by atoms with E-state index in [1.54, 1.807) is 0 Å². The summed E-state index contributed by atoms with van der Waals surface area (Å²) >= 11 is 0. The molecule has 24 heavy (non-hydrogen) atoms. The average molecular weight is 358 g/mol. The molecule has 6 nitrogen and oxygen atoms in total. The Labute approximate surface area is 136 Å². The van der Waals surface area contributed by atoms with E-state index in [1.807, 2.05) is 0 Å². The third kappa shape index (κ3) is 3.88. The van der Waals surface area contributed by atoms with Crippen LogP contribution in [0.4, 0.5) is 18.9 Å². The minimum Gasteiger partial charge on any atom is -0.322 e. The van der Waals surface area contributed by atoms with Crippen molar-refractivity contribution in [2.24, 2.45) is 0 Å². The van der Waals surface area contributed by atoms with Gasteiger partial charge in [0.15, 0.2) is 5.69 Å². The third-order valence-corrected chi connectivity index (χ3v) is 4.31. The molecule has 128 valence electrons. The molecular weight excluding hydrogens is 345 g/mol. The maximum Gasteiger partial charge on any atom is 0.435 e. The standard InChI is InChI=1S/C14H13F3N4O2S/c1-8-11(7-19-21-12(8)14(15,16)17)13(22)20-9-4-3-5-10(6-9)24(2,18)23/h3-7,18H,1-2H3,(H,20,22). The van der Waals surface area contributed by atoms with E-state index >= 15 is 0 Å². The zero-order valence-corrected chi connectivity index (χ0v) is 13.5. The predicted molar refractivity (Wildman–Crippen MR) is 81.2 cm³/mol. The highest BCUT2D eigenvalue weighted by molar-refractivity contribution is 7.91. The summed E-state index contributed by atoms with van der Waals surface area (Å²) in [4.78, 5) is 12.4. The van der Waals surface area contributed by atoms with Gasteiger partial charge in [-0.3, -0.25) is 4.79 Å². The molecule has 0 fully saturated rings. The monoisotopic (exact) mass is 358 g/mol. The highest BCUT2D eigenvalue weighted by Gasteiger charge is 2.36. The quantitative estimate of drug-likeness (QED) is 0.881. The first kappa shape index (κ1) is 17.9. The topological polar surface area (TPSA) is 95.8 Å². The molecule has 1 amide bonds. The molecule has 0 aliphatic heterocycles. The zero-order valence-electron chi connectivity index (χ0n) is 12.6. The van der Waals surface area contributed by atoms with Gasteiger partial charge in [0.1, 0.15) is 0 Å². The Hall–Kier alpha value is -2.49. The van der Waals surface area contributed by atoms with Crippen molar-refractivity contribution in [3.05, 3.63) is 47.3 Å². The van der Waals surface area contributed by atoms with Gasteiger partial charge in [-0.2, -0.15) is 18.3 Å². The second-order valence-electron chi connectivity index (χ2n) is 5.06. The second-order valence-corrected chi connectivity index (χ2v) is 7.21. The van der Waals surface area contributed by atoms with Gasteiger partial charge in [-0.1, -0.05) is 6.07 Å². The zero-order chi connectivity index (χ0) is 18.1. The van der Waals surface area contributed by atoms with Crippen LogP contribution in [0.5, 0.6) is 0 Å². The first-order valence-corrected chi connectivity index (χ1v) is 8.51. The van der Waals surface area contributed by atoms with Gasteiger partial charge in [0, 0.05) is 16.8 Å². The molecule has 1 heterocycles. The van der Waals surface area contributed by atoms with Crippen LogP contribution in [0.15, 0.2) is 35.4 Å². The van der Waals surface area contributed by atoms with Crippen molar-refractivity contribution in [1.29, 1.82) is 4.78 Å². The highest BCUT2D eigenvalue weighted by Crippen LogP contribution is 2.30. The number of carbonyl (C=O) groups is 1. The summed E-state index contributed by atoms with van der Waals surface area (Å²) in [5, 5.41) is 8.66. The van der Waals surface area contributed by atoms with Crippen molar-refractivity contribution in [1.82, 2.24) is 10.2 Å². The van der Waals surface area contributed by atoms with Crippen LogP contribution in [-0.4, -0.2) is 26.6 Å². The Morgan fingerprint density at radius 3 is 2.58 bits per heavy atom. The number of rotatable bonds is 3. The Kier molecular flexibility index (Phi) is 4.61. The van der Waals surface area contributed by atoms with E-state index in [2.05, 4.69) is 15.5 Å². The normalized spacial score (nSPS) is 14.0. The van der Waals surface area contributed by atoms with E-state index < -0.39 is 27.5 Å². The molecule has 0 aliphatic carbocycles. The van der Waals surface area contributed by atoms with Gasteiger partial charge in [-0.25, -0.2) is 8.99 Å². The first-order chi connectivity index (χ1) is 11.0. The molecule has 0 saturated carbocycles. The number of benzene rings is 1. The average Bonchev–Trinajstić information content (AvgIpc) is 2.45. The molecule has 2 rings (SSSR count). The lowest BCUT2D eigenvalue weighted by Crippen LogP contribution is -2.19. The fraction of sp³-hybridized carbons (Fsp3) is 0.214. The molecule has 1 aromatic heterocycles. The molecule has 10 heteroatoms. The van der Waals surface area contributed by atoms with Gasteiger partial charge in [0.05, 0.1) is 21.5 Å². The predicted octanol–water partition coefficient (Wildman–Crippen LogP) is 3.09. The molecule has 0 bridgehead atoms. The number of nitrogens with one attached hydrogen (secondary N) is 2. The number of hydrogen-bond donors (Lipinski definition) is 2. The number of aromatic nitrogens is 2. The van der Waals surface area contributed by atoms with Gasteiger partial charge in [0.2, 0.25) is 0 Å². The van der Waals surface area contributed by atoms with Gasteiger partial charge in [-0.05, 0) is 30.7 Å². The number of alkyl halides is 3. The molecule has 1 aromatic carbocycles. The SMILES string of the molecule is Cc1c(C(=O)Nc2cccc(S(C)(=N)=O)c2)cnnc1C(F)(F)F. The summed E-state index contributed by atoms with van der Waals surface area (Å²) in [6.07, 6.45) is -2.55. The number of anilines is 1. The minimum atomic E-state index is -4.72. The van der Waals surface area contributed by atoms with E-state index in [0.29, 0.717) is 0 Å². The molecule has 0 saturated heterocycles. The van der Waals surface area contributed by atoms with Crippen molar-refractivity contribution in [3.63, 3.8) is 0 Å². The van der Waals surface area contributed by atoms with Crippen LogP contribution in [0.25, 0.3) is 0 Å². The van der Waals surface area contributed by atoms with Crippen molar-refractivity contribution in [3.8, 4) is 0 Å². The highest BCUT2D eigenvalue weighted by atomic mass is 32.2. The molecule has 1 unspecified atom stereocenters. The molecule has 0 radical (unpaired) electrons. The molecule has 2 N–H and O–H groups in total.